The molecular formula is C27H26N6O3. The molecule has 9 heteroatoms. The maximum atomic E-state index is 13.9. The number of fused-ring (bicyclic) bond motifs is 3. The largest absolute Gasteiger partial charge is 0.453 e. The van der Waals surface area contributed by atoms with E-state index in [0.717, 1.165) is 5.57 Å². The van der Waals surface area contributed by atoms with Crippen molar-refractivity contribution in [3.8, 4) is 12.1 Å². The van der Waals surface area contributed by atoms with Crippen LogP contribution < -0.4 is 5.73 Å². The molecule has 0 radical (unpaired) electrons. The highest BCUT2D eigenvalue weighted by Gasteiger charge is 2.70. The Kier molecular flexibility index (Phi) is 4.49. The van der Waals surface area contributed by atoms with Gasteiger partial charge < -0.3 is 20.3 Å². The van der Waals surface area contributed by atoms with Crippen molar-refractivity contribution in [1.82, 2.24) is 9.80 Å². The van der Waals surface area contributed by atoms with Crippen molar-refractivity contribution < 1.29 is 14.3 Å². The van der Waals surface area contributed by atoms with Crippen LogP contribution in [0.3, 0.4) is 0 Å². The highest BCUT2D eigenvalue weighted by Crippen LogP contribution is 2.63. The average molecular weight is 483 g/mol. The van der Waals surface area contributed by atoms with E-state index in [4.69, 9.17) is 15.9 Å². The molecule has 0 bridgehead atoms. The number of rotatable bonds is 0. The van der Waals surface area contributed by atoms with Gasteiger partial charge in [-0.2, -0.15) is 10.5 Å². The Balaban J connectivity index is 1.67. The van der Waals surface area contributed by atoms with Crippen LogP contribution >= 0.6 is 0 Å². The quantitative estimate of drug-likeness (QED) is 0.531. The summed E-state index contributed by atoms with van der Waals surface area (Å²) >= 11 is 0. The maximum Gasteiger partial charge on any atom is 0.243 e. The van der Waals surface area contributed by atoms with E-state index >= 15 is 0 Å². The van der Waals surface area contributed by atoms with Gasteiger partial charge in [0.1, 0.15) is 0 Å². The third-order valence-corrected chi connectivity index (χ3v) is 9.08. The van der Waals surface area contributed by atoms with Crippen LogP contribution in [0, 0.1) is 44.8 Å². The summed E-state index contributed by atoms with van der Waals surface area (Å²) in [4.78, 5) is 32.0. The minimum atomic E-state index is -1.90. The smallest absolute Gasteiger partial charge is 0.243 e. The molecule has 3 N–H and O–H groups in total. The summed E-state index contributed by atoms with van der Waals surface area (Å²) in [6, 6.07) is 11.2. The molecule has 0 saturated carbocycles. The zero-order chi connectivity index (χ0) is 25.6. The highest BCUT2D eigenvalue weighted by molar-refractivity contribution is 6.34. The van der Waals surface area contributed by atoms with Crippen LogP contribution in [0.25, 0.3) is 0 Å². The van der Waals surface area contributed by atoms with Crippen LogP contribution in [-0.2, 0) is 4.74 Å². The van der Waals surface area contributed by atoms with Gasteiger partial charge in [0.2, 0.25) is 23.1 Å². The van der Waals surface area contributed by atoms with E-state index in [0.29, 0.717) is 55.7 Å². The molecule has 2 fully saturated rings. The molecule has 2 spiro atoms. The van der Waals surface area contributed by atoms with Crippen molar-refractivity contribution in [3.05, 3.63) is 57.8 Å². The second-order valence-corrected chi connectivity index (χ2v) is 10.7. The zero-order valence-corrected chi connectivity index (χ0v) is 20.2. The molecule has 2 aliphatic carbocycles. The summed E-state index contributed by atoms with van der Waals surface area (Å²) in [5, 5.41) is 29.8. The SMILES string of the molecule is CN1CCC2(CC1)C1=C3C(=C(N)C2(C#N)C#N)C(=N)OC2(C(=O)c4ccccc4C2=O)[C@H]3CN(C)C1. The molecule has 0 amide bonds. The molecule has 2 saturated heterocycles. The Morgan fingerprint density at radius 3 is 2.19 bits per heavy atom. The minimum absolute atomic E-state index is 0.000570. The van der Waals surface area contributed by atoms with E-state index in [-0.39, 0.29) is 11.3 Å². The molecule has 3 heterocycles. The van der Waals surface area contributed by atoms with Gasteiger partial charge in [0, 0.05) is 29.6 Å². The van der Waals surface area contributed by atoms with Crippen LogP contribution in [0.5, 0.6) is 0 Å². The van der Waals surface area contributed by atoms with Crippen LogP contribution in [-0.4, -0.2) is 73.1 Å². The first-order valence-corrected chi connectivity index (χ1v) is 12.1. The number of Topliss-reactive ketones (excluding diaryl/α,β-unsaturated/α-hetero) is 2. The Bertz CT molecular complexity index is 1370. The van der Waals surface area contributed by atoms with Gasteiger partial charge >= 0.3 is 0 Å². The van der Waals surface area contributed by atoms with Crippen molar-refractivity contribution in [2.45, 2.75) is 18.4 Å². The Morgan fingerprint density at radius 1 is 1.06 bits per heavy atom. The fraction of sp³-hybridized carbons (Fsp3) is 0.444. The molecule has 182 valence electrons. The molecule has 6 rings (SSSR count). The first-order chi connectivity index (χ1) is 17.2. The fourth-order valence-electron chi connectivity index (χ4n) is 7.27. The number of nitrogens with two attached hydrogens (primary N) is 1. The molecule has 1 aromatic rings. The van der Waals surface area contributed by atoms with Crippen LogP contribution in [0.4, 0.5) is 0 Å². The number of nitrogens with zero attached hydrogens (tertiary/aromatic N) is 4. The summed E-state index contributed by atoms with van der Waals surface area (Å²) in [5.41, 5.74) is 4.49. The molecule has 5 aliphatic rings. The molecule has 9 nitrogen and oxygen atoms in total. The van der Waals surface area contributed by atoms with Crippen LogP contribution in [0.2, 0.25) is 0 Å². The van der Waals surface area contributed by atoms with E-state index in [1.807, 2.05) is 19.0 Å². The number of ether oxygens (including phenoxy) is 1. The number of benzene rings is 1. The van der Waals surface area contributed by atoms with E-state index < -0.39 is 39.8 Å². The lowest BCUT2D eigenvalue weighted by molar-refractivity contribution is 0.00319. The predicted octanol–water partition coefficient (Wildman–Crippen LogP) is 1.64. The lowest BCUT2D eigenvalue weighted by Gasteiger charge is -2.58. The van der Waals surface area contributed by atoms with Gasteiger partial charge in [0.15, 0.2) is 5.41 Å². The Labute approximate surface area is 208 Å². The number of carbonyl (C=O) groups is 2. The lowest BCUT2D eigenvalue weighted by atomic mass is 9.48. The number of ketones is 2. The first kappa shape index (κ1) is 22.7. The molecule has 0 aromatic heterocycles. The summed E-state index contributed by atoms with van der Waals surface area (Å²) in [5.74, 6) is -2.04. The Hall–Kier alpha value is -3.79. The van der Waals surface area contributed by atoms with E-state index in [1.54, 1.807) is 24.3 Å². The molecule has 1 atom stereocenters. The summed E-state index contributed by atoms with van der Waals surface area (Å²) < 4.78 is 6.05. The molecular weight excluding hydrogens is 456 g/mol. The number of hydrogen-bond acceptors (Lipinski definition) is 9. The normalized spacial score (nSPS) is 28.0. The summed E-state index contributed by atoms with van der Waals surface area (Å²) in [6.45, 7) is 2.13. The van der Waals surface area contributed by atoms with Gasteiger partial charge in [-0.3, -0.25) is 15.0 Å². The predicted molar refractivity (Wildman–Crippen MR) is 129 cm³/mol. The van der Waals surface area contributed by atoms with Gasteiger partial charge in [0.25, 0.3) is 0 Å². The average Bonchev–Trinajstić information content (AvgIpc) is 3.08. The molecule has 36 heavy (non-hydrogen) atoms. The highest BCUT2D eigenvalue weighted by atomic mass is 16.5. The third-order valence-electron chi connectivity index (χ3n) is 9.08. The minimum Gasteiger partial charge on any atom is -0.453 e. The number of carbonyl (C=O) groups excluding carboxylic acids is 2. The van der Waals surface area contributed by atoms with Gasteiger partial charge in [-0.05, 0) is 51.2 Å². The summed E-state index contributed by atoms with van der Waals surface area (Å²) in [6.07, 6.45) is 1.06. The number of likely N-dealkylation sites (tertiary alicyclic amines) is 1. The number of likely N-dealkylation sites (N-methyl/N-ethyl adjacent to an activating group) is 1. The Morgan fingerprint density at radius 2 is 1.64 bits per heavy atom. The van der Waals surface area contributed by atoms with Gasteiger partial charge in [-0.1, -0.05) is 24.3 Å². The van der Waals surface area contributed by atoms with Gasteiger partial charge in [-0.15, -0.1) is 0 Å². The second kappa shape index (κ2) is 7.13. The number of nitrogens with one attached hydrogen (secondary N) is 1. The number of hydrogen-bond donors (Lipinski definition) is 2. The summed E-state index contributed by atoms with van der Waals surface area (Å²) in [7, 11) is 3.90. The maximum absolute atomic E-state index is 13.9. The third kappa shape index (κ3) is 2.33. The number of allylic oxidation sites excluding steroid dienone is 1. The van der Waals surface area contributed by atoms with Crippen molar-refractivity contribution in [3.63, 3.8) is 0 Å². The van der Waals surface area contributed by atoms with Crippen LogP contribution in [0.15, 0.2) is 46.7 Å². The van der Waals surface area contributed by atoms with E-state index in [9.17, 15) is 20.1 Å². The van der Waals surface area contributed by atoms with E-state index in [1.165, 1.54) is 0 Å². The first-order valence-electron chi connectivity index (χ1n) is 12.1. The van der Waals surface area contributed by atoms with Crippen LogP contribution in [0.1, 0.15) is 33.6 Å². The monoisotopic (exact) mass is 482 g/mol. The standard InChI is InChI=1S/C27H26N6O3/c1-32-9-7-25(8-10-32)17-11-33(2)12-18-19(17)20(21(30)26(25,13-28)14-29)24(31)36-27(18)22(34)15-5-3-4-6-16(15)23(27)35/h3-6,18,31H,7-12,30H2,1-2H3/t18-/m0/s1. The van der Waals surface area contributed by atoms with Crippen molar-refractivity contribution in [2.24, 2.45) is 22.5 Å². The van der Waals surface area contributed by atoms with Gasteiger partial charge in [-0.25, -0.2) is 0 Å². The van der Waals surface area contributed by atoms with Crippen molar-refractivity contribution in [1.29, 1.82) is 15.9 Å². The lowest BCUT2D eigenvalue weighted by Crippen LogP contribution is -2.65. The molecule has 0 unspecified atom stereocenters. The van der Waals surface area contributed by atoms with Gasteiger partial charge in [0.05, 0.1) is 29.3 Å². The number of nitriles is 2. The van der Waals surface area contributed by atoms with E-state index in [2.05, 4.69) is 17.0 Å². The zero-order valence-electron chi connectivity index (χ0n) is 20.2. The molecule has 3 aliphatic heterocycles. The second-order valence-electron chi connectivity index (χ2n) is 10.7. The molecule has 1 aromatic carbocycles. The van der Waals surface area contributed by atoms with Crippen molar-refractivity contribution in [2.75, 3.05) is 40.3 Å². The number of piperidine rings is 1. The van der Waals surface area contributed by atoms with Crippen molar-refractivity contribution >= 4 is 17.5 Å². The fourth-order valence-corrected chi connectivity index (χ4v) is 7.27. The topological polar surface area (TPSA) is 147 Å².